The Bertz CT molecular complexity index is 887. The van der Waals surface area contributed by atoms with Gasteiger partial charge in [-0.1, -0.05) is 64.5 Å². The number of halogens is 1. The second kappa shape index (κ2) is 8.56. The minimum atomic E-state index is -1.20. The molecule has 2 aromatic carbocycles. The highest BCUT2D eigenvalue weighted by atomic mass is 79.9. The first-order valence-corrected chi connectivity index (χ1v) is 9.91. The Kier molecular flexibility index (Phi) is 6.14. The number of nitrogens with one attached hydrogen (secondary N) is 2. The molecule has 1 aliphatic heterocycles. The Morgan fingerprint density at radius 1 is 1.11 bits per heavy atom. The third kappa shape index (κ3) is 4.25. The van der Waals surface area contributed by atoms with Crippen LogP contribution in [0.25, 0.3) is 0 Å². The normalized spacial score (nSPS) is 18.9. The van der Waals surface area contributed by atoms with Gasteiger partial charge in [-0.3, -0.25) is 14.5 Å². The Balaban J connectivity index is 1.55. The lowest BCUT2D eigenvalue weighted by Gasteiger charge is -2.23. The minimum absolute atomic E-state index is 0.296. The van der Waals surface area contributed by atoms with Gasteiger partial charge in [0.2, 0.25) is 5.91 Å². The van der Waals surface area contributed by atoms with E-state index in [0.29, 0.717) is 12.1 Å². The van der Waals surface area contributed by atoms with Crippen molar-refractivity contribution in [3.8, 4) is 0 Å². The lowest BCUT2D eigenvalue weighted by atomic mass is 9.92. The molecule has 0 aliphatic carbocycles. The molecule has 0 saturated carbocycles. The van der Waals surface area contributed by atoms with Crippen LogP contribution in [-0.2, 0) is 21.5 Å². The number of hydrogen-bond acceptors (Lipinski definition) is 3. The SMILES string of the molecule is CC1(c2ccccc2Br)NC(=O)N(CC(=O)NCCCc2ccccc2)C1=O. The zero-order valence-corrected chi connectivity index (χ0v) is 17.2. The maximum Gasteiger partial charge on any atom is 0.325 e. The van der Waals surface area contributed by atoms with E-state index in [1.165, 1.54) is 5.56 Å². The van der Waals surface area contributed by atoms with Gasteiger partial charge in [-0.2, -0.15) is 0 Å². The molecule has 0 bridgehead atoms. The first-order valence-electron chi connectivity index (χ1n) is 9.11. The van der Waals surface area contributed by atoms with E-state index in [1.54, 1.807) is 19.1 Å². The summed E-state index contributed by atoms with van der Waals surface area (Å²) < 4.78 is 0.721. The molecule has 7 heteroatoms. The first kappa shape index (κ1) is 20.1. The number of nitrogens with zero attached hydrogens (tertiary/aromatic N) is 1. The number of rotatable bonds is 7. The van der Waals surface area contributed by atoms with E-state index in [0.717, 1.165) is 22.2 Å². The number of hydrogen-bond donors (Lipinski definition) is 2. The van der Waals surface area contributed by atoms with Crippen molar-refractivity contribution in [1.29, 1.82) is 0 Å². The number of urea groups is 1. The Morgan fingerprint density at radius 2 is 1.79 bits per heavy atom. The van der Waals surface area contributed by atoms with Gasteiger partial charge in [0.05, 0.1) is 0 Å². The predicted octanol–water partition coefficient (Wildman–Crippen LogP) is 2.97. The summed E-state index contributed by atoms with van der Waals surface area (Å²) in [5, 5.41) is 5.49. The molecule has 3 rings (SSSR count). The van der Waals surface area contributed by atoms with Crippen LogP contribution in [0.3, 0.4) is 0 Å². The van der Waals surface area contributed by atoms with Crippen molar-refractivity contribution in [2.24, 2.45) is 0 Å². The van der Waals surface area contributed by atoms with Crippen LogP contribution in [-0.4, -0.2) is 35.8 Å². The van der Waals surface area contributed by atoms with E-state index < -0.39 is 17.5 Å². The molecule has 2 N–H and O–H groups in total. The van der Waals surface area contributed by atoms with Crippen LogP contribution < -0.4 is 10.6 Å². The largest absolute Gasteiger partial charge is 0.355 e. The first-order chi connectivity index (χ1) is 13.4. The zero-order valence-electron chi connectivity index (χ0n) is 15.6. The molecule has 0 spiro atoms. The van der Waals surface area contributed by atoms with Crippen molar-refractivity contribution in [3.63, 3.8) is 0 Å². The van der Waals surface area contributed by atoms with E-state index in [4.69, 9.17) is 0 Å². The predicted molar refractivity (Wildman–Crippen MR) is 110 cm³/mol. The highest BCUT2D eigenvalue weighted by Crippen LogP contribution is 2.33. The molecule has 0 aromatic heterocycles. The number of benzene rings is 2. The summed E-state index contributed by atoms with van der Waals surface area (Å²) in [4.78, 5) is 38.4. The third-order valence-electron chi connectivity index (χ3n) is 4.80. The molecular weight excluding hydrogens is 422 g/mol. The highest BCUT2D eigenvalue weighted by Gasteiger charge is 2.50. The van der Waals surface area contributed by atoms with Crippen molar-refractivity contribution < 1.29 is 14.4 Å². The fraction of sp³-hybridized carbons (Fsp3) is 0.286. The van der Waals surface area contributed by atoms with Crippen molar-refractivity contribution >= 4 is 33.8 Å². The van der Waals surface area contributed by atoms with Gasteiger partial charge in [-0.05, 0) is 31.4 Å². The molecule has 1 aliphatic rings. The van der Waals surface area contributed by atoms with Crippen molar-refractivity contribution in [2.45, 2.75) is 25.3 Å². The molecule has 1 unspecified atom stereocenters. The monoisotopic (exact) mass is 443 g/mol. The fourth-order valence-electron chi connectivity index (χ4n) is 3.25. The summed E-state index contributed by atoms with van der Waals surface area (Å²) in [7, 11) is 0. The van der Waals surface area contributed by atoms with Gasteiger partial charge in [0.1, 0.15) is 12.1 Å². The zero-order chi connectivity index (χ0) is 20.1. The van der Waals surface area contributed by atoms with Gasteiger partial charge in [0.25, 0.3) is 5.91 Å². The summed E-state index contributed by atoms with van der Waals surface area (Å²) in [5.74, 6) is -0.795. The van der Waals surface area contributed by atoms with Crippen LogP contribution in [0, 0.1) is 0 Å². The molecule has 1 fully saturated rings. The van der Waals surface area contributed by atoms with Crippen molar-refractivity contribution in [3.05, 3.63) is 70.2 Å². The lowest BCUT2D eigenvalue weighted by molar-refractivity contribution is -0.134. The average molecular weight is 444 g/mol. The van der Waals surface area contributed by atoms with Crippen LogP contribution in [0.1, 0.15) is 24.5 Å². The Hall–Kier alpha value is -2.67. The summed E-state index contributed by atoms with van der Waals surface area (Å²) >= 11 is 3.42. The van der Waals surface area contributed by atoms with Crippen LogP contribution in [0.15, 0.2) is 59.1 Å². The molecule has 28 heavy (non-hydrogen) atoms. The standard InChI is InChI=1S/C21H22BrN3O3/c1-21(16-11-5-6-12-17(16)22)19(27)25(20(28)24-21)14-18(26)23-13-7-10-15-8-3-2-4-9-15/h2-6,8-9,11-12H,7,10,13-14H2,1H3,(H,23,26)(H,24,28). The maximum atomic E-state index is 12.9. The Labute approximate surface area is 172 Å². The third-order valence-corrected chi connectivity index (χ3v) is 5.49. The smallest absolute Gasteiger partial charge is 0.325 e. The van der Waals surface area contributed by atoms with Gasteiger partial charge < -0.3 is 10.6 Å². The number of imide groups is 1. The molecule has 2 aromatic rings. The number of carbonyl (C=O) groups is 3. The molecule has 146 valence electrons. The maximum absolute atomic E-state index is 12.9. The van der Waals surface area contributed by atoms with E-state index in [2.05, 4.69) is 26.6 Å². The molecule has 1 heterocycles. The lowest BCUT2D eigenvalue weighted by Crippen LogP contribution is -2.43. The number of amides is 4. The molecule has 6 nitrogen and oxygen atoms in total. The summed E-state index contributed by atoms with van der Waals surface area (Å²) in [6.07, 6.45) is 1.63. The minimum Gasteiger partial charge on any atom is -0.355 e. The molecule has 1 saturated heterocycles. The van der Waals surface area contributed by atoms with Gasteiger partial charge in [-0.15, -0.1) is 0 Å². The van der Waals surface area contributed by atoms with Crippen molar-refractivity contribution in [2.75, 3.05) is 13.1 Å². The van der Waals surface area contributed by atoms with E-state index in [-0.39, 0.29) is 12.5 Å². The van der Waals surface area contributed by atoms with Gasteiger partial charge in [0.15, 0.2) is 0 Å². The average Bonchev–Trinajstić information content (AvgIpc) is 2.90. The number of aryl methyl sites for hydroxylation is 1. The molecular formula is C21H22BrN3O3. The summed E-state index contributed by atoms with van der Waals surface area (Å²) in [6, 6.07) is 16.6. The fourth-order valence-corrected chi connectivity index (χ4v) is 3.94. The van der Waals surface area contributed by atoms with Crippen molar-refractivity contribution in [1.82, 2.24) is 15.5 Å². The van der Waals surface area contributed by atoms with Crippen LogP contribution in [0.2, 0.25) is 0 Å². The van der Waals surface area contributed by atoms with E-state index in [1.807, 2.05) is 42.5 Å². The van der Waals surface area contributed by atoms with Gasteiger partial charge in [-0.25, -0.2) is 4.79 Å². The summed E-state index contributed by atoms with van der Waals surface area (Å²) in [6.45, 7) is 1.83. The molecule has 0 radical (unpaired) electrons. The quantitative estimate of drug-likeness (QED) is 0.509. The van der Waals surface area contributed by atoms with Gasteiger partial charge in [0, 0.05) is 16.6 Å². The van der Waals surface area contributed by atoms with E-state index in [9.17, 15) is 14.4 Å². The van der Waals surface area contributed by atoms with Crippen LogP contribution >= 0.6 is 15.9 Å². The van der Waals surface area contributed by atoms with Crippen LogP contribution in [0.5, 0.6) is 0 Å². The second-order valence-electron chi connectivity index (χ2n) is 6.87. The van der Waals surface area contributed by atoms with Gasteiger partial charge >= 0.3 is 6.03 Å². The van der Waals surface area contributed by atoms with E-state index >= 15 is 0 Å². The molecule has 1 atom stereocenters. The number of carbonyl (C=O) groups excluding carboxylic acids is 3. The molecule has 4 amide bonds. The summed E-state index contributed by atoms with van der Waals surface area (Å²) in [5.41, 5.74) is 0.652. The van der Waals surface area contributed by atoms with Crippen LogP contribution in [0.4, 0.5) is 4.79 Å². The second-order valence-corrected chi connectivity index (χ2v) is 7.72. The Morgan fingerprint density at radius 3 is 2.50 bits per heavy atom. The topological polar surface area (TPSA) is 78.5 Å². The highest BCUT2D eigenvalue weighted by molar-refractivity contribution is 9.10.